The van der Waals surface area contributed by atoms with E-state index in [-0.39, 0.29) is 18.7 Å². The van der Waals surface area contributed by atoms with Crippen LogP contribution in [0.25, 0.3) is 10.9 Å². The van der Waals surface area contributed by atoms with Crippen molar-refractivity contribution in [1.29, 1.82) is 5.26 Å². The van der Waals surface area contributed by atoms with E-state index in [2.05, 4.69) is 16.0 Å². The van der Waals surface area contributed by atoms with Crippen molar-refractivity contribution in [1.82, 2.24) is 14.9 Å². The zero-order chi connectivity index (χ0) is 23.2. The van der Waals surface area contributed by atoms with Gasteiger partial charge in [0.2, 0.25) is 5.91 Å². The molecule has 1 aliphatic rings. The normalized spacial score (nSPS) is 14.7. The summed E-state index contributed by atoms with van der Waals surface area (Å²) in [6.45, 7) is 3.33. The molecule has 1 saturated heterocycles. The highest BCUT2D eigenvalue weighted by molar-refractivity contribution is 6.00. The van der Waals surface area contributed by atoms with E-state index in [4.69, 9.17) is 4.74 Å². The molecule has 0 saturated carbocycles. The quantitative estimate of drug-likeness (QED) is 0.536. The fourth-order valence-corrected chi connectivity index (χ4v) is 3.97. The first kappa shape index (κ1) is 22.5. The van der Waals surface area contributed by atoms with Crippen LogP contribution in [0.3, 0.4) is 0 Å². The maximum absolute atomic E-state index is 13.1. The standard InChI is InChI=1S/C25H27N5O3/c1-28-11-13-29(14-12-28)30(24(32)8-5-15-31)25-22(17-26)21-10-9-20(16-23(21)27-25)33-18-19-6-3-2-4-7-19/h2-4,6-7,9-10,15-16,27H,5,8,11-14,18H2,1H3. The first-order chi connectivity index (χ1) is 16.1. The first-order valence-electron chi connectivity index (χ1n) is 11.0. The Labute approximate surface area is 192 Å². The summed E-state index contributed by atoms with van der Waals surface area (Å²) in [4.78, 5) is 29.5. The summed E-state index contributed by atoms with van der Waals surface area (Å²) < 4.78 is 5.93. The van der Waals surface area contributed by atoms with E-state index in [0.717, 1.165) is 35.8 Å². The molecule has 2 aromatic carbocycles. The van der Waals surface area contributed by atoms with Crippen molar-refractivity contribution in [2.24, 2.45) is 0 Å². The highest BCUT2D eigenvalue weighted by Gasteiger charge is 2.30. The van der Waals surface area contributed by atoms with Crippen LogP contribution in [-0.2, 0) is 16.2 Å². The third kappa shape index (κ3) is 5.06. The van der Waals surface area contributed by atoms with Crippen molar-refractivity contribution in [3.05, 3.63) is 59.7 Å². The lowest BCUT2D eigenvalue weighted by atomic mass is 10.1. The summed E-state index contributed by atoms with van der Waals surface area (Å²) in [5.41, 5.74) is 2.18. The third-order valence-corrected chi connectivity index (χ3v) is 5.80. The van der Waals surface area contributed by atoms with Gasteiger partial charge in [-0.15, -0.1) is 0 Å². The zero-order valence-corrected chi connectivity index (χ0v) is 18.7. The van der Waals surface area contributed by atoms with E-state index in [1.54, 1.807) is 5.01 Å². The Morgan fingerprint density at radius 3 is 2.64 bits per heavy atom. The van der Waals surface area contributed by atoms with Crippen molar-refractivity contribution in [2.75, 3.05) is 38.2 Å². The molecule has 0 bridgehead atoms. The maximum Gasteiger partial charge on any atom is 0.243 e. The number of likely N-dealkylation sites (N-methyl/N-ethyl adjacent to an activating group) is 1. The Bertz CT molecular complexity index is 1160. The number of amides is 1. The average molecular weight is 446 g/mol. The number of anilines is 1. The number of carbonyl (C=O) groups excluding carboxylic acids is 2. The van der Waals surface area contributed by atoms with Crippen molar-refractivity contribution in [3.63, 3.8) is 0 Å². The van der Waals surface area contributed by atoms with Crippen molar-refractivity contribution in [3.8, 4) is 11.8 Å². The predicted octanol–water partition coefficient (Wildman–Crippen LogP) is 3.09. The molecule has 0 radical (unpaired) electrons. The largest absolute Gasteiger partial charge is 0.489 e. The first-order valence-corrected chi connectivity index (χ1v) is 11.0. The van der Waals surface area contributed by atoms with Crippen molar-refractivity contribution >= 4 is 28.9 Å². The number of aldehydes is 1. The van der Waals surface area contributed by atoms with Gasteiger partial charge in [0.1, 0.15) is 36.1 Å². The van der Waals surface area contributed by atoms with E-state index < -0.39 is 0 Å². The van der Waals surface area contributed by atoms with Gasteiger partial charge in [-0.2, -0.15) is 5.26 Å². The minimum atomic E-state index is -0.213. The molecule has 1 aliphatic heterocycles. The van der Waals surface area contributed by atoms with Gasteiger partial charge in [0.15, 0.2) is 0 Å². The summed E-state index contributed by atoms with van der Waals surface area (Å²) >= 11 is 0. The number of nitriles is 1. The molecule has 33 heavy (non-hydrogen) atoms. The topological polar surface area (TPSA) is 92.7 Å². The number of carbonyl (C=O) groups is 2. The van der Waals surface area contributed by atoms with Crippen LogP contribution in [0.15, 0.2) is 48.5 Å². The van der Waals surface area contributed by atoms with Crippen LogP contribution < -0.4 is 9.75 Å². The van der Waals surface area contributed by atoms with Crippen LogP contribution in [0.1, 0.15) is 24.0 Å². The molecule has 1 fully saturated rings. The number of ether oxygens (including phenoxy) is 1. The molecule has 0 unspecified atom stereocenters. The van der Waals surface area contributed by atoms with Crippen molar-refractivity contribution in [2.45, 2.75) is 19.4 Å². The van der Waals surface area contributed by atoms with E-state index in [1.807, 2.05) is 60.6 Å². The van der Waals surface area contributed by atoms with Crippen LogP contribution >= 0.6 is 0 Å². The third-order valence-electron chi connectivity index (χ3n) is 5.80. The lowest BCUT2D eigenvalue weighted by molar-refractivity contribution is -0.123. The molecule has 3 aromatic rings. The van der Waals surface area contributed by atoms with Crippen molar-refractivity contribution < 1.29 is 14.3 Å². The van der Waals surface area contributed by atoms with Crippen LogP contribution in [0.2, 0.25) is 0 Å². The molecule has 0 atom stereocenters. The van der Waals surface area contributed by atoms with E-state index >= 15 is 0 Å². The number of hydrogen-bond donors (Lipinski definition) is 1. The predicted molar refractivity (Wildman–Crippen MR) is 126 cm³/mol. The van der Waals surface area contributed by atoms with Gasteiger partial charge >= 0.3 is 0 Å². The molecule has 0 spiro atoms. The smallest absolute Gasteiger partial charge is 0.243 e. The number of aromatic nitrogens is 1. The van der Waals surface area contributed by atoms with Gasteiger partial charge in [-0.05, 0) is 24.7 Å². The Hall–Kier alpha value is -3.67. The molecule has 1 aromatic heterocycles. The lowest BCUT2D eigenvalue weighted by Crippen LogP contribution is -2.55. The molecular formula is C25H27N5O3. The monoisotopic (exact) mass is 445 g/mol. The van der Waals surface area contributed by atoms with Gasteiger partial charge < -0.3 is 19.4 Å². The summed E-state index contributed by atoms with van der Waals surface area (Å²) in [5, 5.41) is 14.2. The number of piperazine rings is 1. The Morgan fingerprint density at radius 2 is 1.94 bits per heavy atom. The molecule has 4 rings (SSSR count). The van der Waals surface area contributed by atoms with Gasteiger partial charge in [-0.25, -0.2) is 10.0 Å². The maximum atomic E-state index is 13.1. The fraction of sp³-hybridized carbons (Fsp3) is 0.320. The van der Waals surface area contributed by atoms with Gasteiger partial charge in [0, 0.05) is 50.5 Å². The second-order valence-corrected chi connectivity index (χ2v) is 8.11. The van der Waals surface area contributed by atoms with Crippen LogP contribution in [0.5, 0.6) is 5.75 Å². The summed E-state index contributed by atoms with van der Waals surface area (Å²) in [5.74, 6) is 0.894. The number of nitrogens with zero attached hydrogens (tertiary/aromatic N) is 4. The number of nitrogens with one attached hydrogen (secondary N) is 1. The van der Waals surface area contributed by atoms with E-state index in [0.29, 0.717) is 36.8 Å². The molecule has 170 valence electrons. The lowest BCUT2D eigenvalue weighted by Gasteiger charge is -2.39. The highest BCUT2D eigenvalue weighted by atomic mass is 16.5. The van der Waals surface area contributed by atoms with Crippen LogP contribution in [-0.4, -0.2) is 60.3 Å². The van der Waals surface area contributed by atoms with E-state index in [9.17, 15) is 14.9 Å². The van der Waals surface area contributed by atoms with Gasteiger partial charge in [-0.3, -0.25) is 4.79 Å². The van der Waals surface area contributed by atoms with Crippen LogP contribution in [0.4, 0.5) is 5.82 Å². The number of hydrogen-bond acceptors (Lipinski definition) is 6. The Kier molecular flexibility index (Phi) is 7.03. The second kappa shape index (κ2) is 10.3. The SMILES string of the molecule is CN1CCN(N(C(=O)CCC=O)c2[nH]c3cc(OCc4ccccc4)ccc3c2C#N)CC1. The summed E-state index contributed by atoms with van der Waals surface area (Å²) in [6.07, 6.45) is 0.969. The Balaban J connectivity index is 1.66. The number of aromatic amines is 1. The minimum absolute atomic E-state index is 0.0848. The second-order valence-electron chi connectivity index (χ2n) is 8.11. The number of hydrazine groups is 1. The van der Waals surface area contributed by atoms with Gasteiger partial charge in [0.05, 0.1) is 5.52 Å². The van der Waals surface area contributed by atoms with Crippen LogP contribution in [0, 0.1) is 11.3 Å². The summed E-state index contributed by atoms with van der Waals surface area (Å²) in [6, 6.07) is 17.7. The van der Waals surface area contributed by atoms with E-state index in [1.165, 1.54) is 0 Å². The molecule has 1 amide bonds. The number of benzene rings is 2. The summed E-state index contributed by atoms with van der Waals surface area (Å²) in [7, 11) is 2.04. The number of fused-ring (bicyclic) bond motifs is 1. The fourth-order valence-electron chi connectivity index (χ4n) is 3.97. The van der Waals surface area contributed by atoms with Gasteiger partial charge in [-0.1, -0.05) is 30.3 Å². The van der Waals surface area contributed by atoms with Gasteiger partial charge in [0.25, 0.3) is 0 Å². The molecule has 2 heterocycles. The number of H-pyrrole nitrogens is 1. The minimum Gasteiger partial charge on any atom is -0.489 e. The Morgan fingerprint density at radius 1 is 1.18 bits per heavy atom. The molecule has 8 nitrogen and oxygen atoms in total. The molecule has 8 heteroatoms. The highest BCUT2D eigenvalue weighted by Crippen LogP contribution is 2.32. The molecule has 1 N–H and O–H groups in total. The number of rotatable bonds is 8. The molecule has 0 aliphatic carbocycles. The molecular weight excluding hydrogens is 418 g/mol. The zero-order valence-electron chi connectivity index (χ0n) is 18.7. The average Bonchev–Trinajstić information content (AvgIpc) is 3.20.